The maximum absolute atomic E-state index is 5.18. The van der Waals surface area contributed by atoms with Gasteiger partial charge in [-0.05, 0) is 18.8 Å². The Morgan fingerprint density at radius 3 is 2.73 bits per heavy atom. The summed E-state index contributed by atoms with van der Waals surface area (Å²) in [6, 6.07) is 0. The van der Waals surface area contributed by atoms with Gasteiger partial charge in [0.25, 0.3) is 0 Å². The molecule has 0 bridgehead atoms. The van der Waals surface area contributed by atoms with Gasteiger partial charge >= 0.3 is 0 Å². The van der Waals surface area contributed by atoms with Crippen molar-refractivity contribution >= 4 is 5.90 Å². The van der Waals surface area contributed by atoms with Crippen molar-refractivity contribution in [3.8, 4) is 0 Å². The standard InChI is InChI=1S/C9H17NO/c1-7-4-5-8(2)9(11-3)10-6-7/h7-8H,4-6H2,1-3H3. The molecule has 0 aromatic rings. The highest BCUT2D eigenvalue weighted by atomic mass is 16.5. The molecule has 0 spiro atoms. The van der Waals surface area contributed by atoms with Gasteiger partial charge in [-0.15, -0.1) is 0 Å². The maximum atomic E-state index is 5.18. The van der Waals surface area contributed by atoms with Crippen LogP contribution < -0.4 is 0 Å². The highest BCUT2D eigenvalue weighted by Crippen LogP contribution is 2.18. The van der Waals surface area contributed by atoms with E-state index in [0.717, 1.165) is 18.4 Å². The fourth-order valence-electron chi connectivity index (χ4n) is 1.42. The SMILES string of the molecule is COC1=NCC(C)CCC1C. The molecule has 1 heterocycles. The van der Waals surface area contributed by atoms with Crippen molar-refractivity contribution in [3.05, 3.63) is 0 Å². The molecule has 0 aromatic heterocycles. The normalized spacial score (nSPS) is 32.5. The van der Waals surface area contributed by atoms with Crippen molar-refractivity contribution < 1.29 is 4.74 Å². The molecule has 0 N–H and O–H groups in total. The largest absolute Gasteiger partial charge is 0.484 e. The van der Waals surface area contributed by atoms with Crippen LogP contribution in [0.2, 0.25) is 0 Å². The first-order chi connectivity index (χ1) is 5.24. The van der Waals surface area contributed by atoms with Crippen LogP contribution in [0.3, 0.4) is 0 Å². The molecular weight excluding hydrogens is 138 g/mol. The molecule has 0 radical (unpaired) electrons. The lowest BCUT2D eigenvalue weighted by Crippen LogP contribution is -2.11. The Kier molecular flexibility index (Phi) is 2.92. The predicted molar refractivity (Wildman–Crippen MR) is 46.9 cm³/mol. The summed E-state index contributed by atoms with van der Waals surface area (Å²) in [5, 5.41) is 0. The topological polar surface area (TPSA) is 21.6 Å². The fraction of sp³-hybridized carbons (Fsp3) is 0.889. The zero-order valence-corrected chi connectivity index (χ0v) is 7.63. The Hall–Kier alpha value is -0.530. The average Bonchev–Trinajstić information content (AvgIpc) is 2.15. The van der Waals surface area contributed by atoms with Crippen LogP contribution in [-0.4, -0.2) is 19.6 Å². The molecule has 0 saturated carbocycles. The van der Waals surface area contributed by atoms with Gasteiger partial charge in [0, 0.05) is 12.5 Å². The van der Waals surface area contributed by atoms with E-state index in [1.54, 1.807) is 7.11 Å². The molecule has 2 nitrogen and oxygen atoms in total. The van der Waals surface area contributed by atoms with Crippen LogP contribution in [0.15, 0.2) is 4.99 Å². The Labute approximate surface area is 68.7 Å². The molecule has 0 saturated heterocycles. The second kappa shape index (κ2) is 3.74. The van der Waals surface area contributed by atoms with Gasteiger partial charge in [-0.25, -0.2) is 0 Å². The minimum absolute atomic E-state index is 0.518. The lowest BCUT2D eigenvalue weighted by atomic mass is 10.0. The third kappa shape index (κ3) is 2.21. The summed E-state index contributed by atoms with van der Waals surface area (Å²) >= 11 is 0. The van der Waals surface area contributed by atoms with Crippen LogP contribution in [0.25, 0.3) is 0 Å². The van der Waals surface area contributed by atoms with Crippen molar-refractivity contribution in [1.82, 2.24) is 0 Å². The Balaban J connectivity index is 2.58. The third-order valence-corrected chi connectivity index (χ3v) is 2.28. The quantitative estimate of drug-likeness (QED) is 0.525. The Morgan fingerprint density at radius 1 is 1.36 bits per heavy atom. The molecular formula is C9H17NO. The monoisotopic (exact) mass is 155 g/mol. The summed E-state index contributed by atoms with van der Waals surface area (Å²) in [5.74, 6) is 2.18. The van der Waals surface area contributed by atoms with Crippen LogP contribution >= 0.6 is 0 Å². The summed E-state index contributed by atoms with van der Waals surface area (Å²) in [7, 11) is 1.71. The minimum Gasteiger partial charge on any atom is -0.484 e. The van der Waals surface area contributed by atoms with Gasteiger partial charge in [0.2, 0.25) is 0 Å². The number of methoxy groups -OCH3 is 1. The van der Waals surface area contributed by atoms with E-state index in [2.05, 4.69) is 18.8 Å². The van der Waals surface area contributed by atoms with E-state index in [4.69, 9.17) is 4.74 Å². The number of hydrogen-bond donors (Lipinski definition) is 0. The number of nitrogens with zero attached hydrogens (tertiary/aromatic N) is 1. The first kappa shape index (κ1) is 8.57. The van der Waals surface area contributed by atoms with Crippen LogP contribution in [0, 0.1) is 11.8 Å². The summed E-state index contributed by atoms with van der Waals surface area (Å²) in [5.41, 5.74) is 0. The first-order valence-electron chi connectivity index (χ1n) is 4.32. The first-order valence-corrected chi connectivity index (χ1v) is 4.32. The van der Waals surface area contributed by atoms with Crippen molar-refractivity contribution in [1.29, 1.82) is 0 Å². The maximum Gasteiger partial charge on any atom is 0.185 e. The number of hydrogen-bond acceptors (Lipinski definition) is 2. The van der Waals surface area contributed by atoms with Gasteiger partial charge in [-0.1, -0.05) is 13.8 Å². The Morgan fingerprint density at radius 2 is 2.09 bits per heavy atom. The Bertz CT molecular complexity index is 154. The van der Waals surface area contributed by atoms with E-state index >= 15 is 0 Å². The molecule has 2 heteroatoms. The van der Waals surface area contributed by atoms with E-state index in [0.29, 0.717) is 5.92 Å². The van der Waals surface area contributed by atoms with E-state index in [9.17, 15) is 0 Å². The molecule has 2 unspecified atom stereocenters. The van der Waals surface area contributed by atoms with E-state index in [1.807, 2.05) is 0 Å². The smallest absolute Gasteiger partial charge is 0.185 e. The van der Waals surface area contributed by atoms with E-state index in [1.165, 1.54) is 12.8 Å². The summed E-state index contributed by atoms with van der Waals surface area (Å²) in [6.07, 6.45) is 2.49. The minimum atomic E-state index is 0.518. The van der Waals surface area contributed by atoms with Gasteiger partial charge in [-0.2, -0.15) is 0 Å². The lowest BCUT2D eigenvalue weighted by Gasteiger charge is -2.09. The second-order valence-corrected chi connectivity index (χ2v) is 3.47. The van der Waals surface area contributed by atoms with Crippen molar-refractivity contribution in [2.75, 3.05) is 13.7 Å². The van der Waals surface area contributed by atoms with Crippen LogP contribution in [-0.2, 0) is 4.74 Å². The van der Waals surface area contributed by atoms with Gasteiger partial charge in [-0.3, -0.25) is 4.99 Å². The number of rotatable bonds is 0. The molecule has 1 aliphatic heterocycles. The average molecular weight is 155 g/mol. The highest BCUT2D eigenvalue weighted by molar-refractivity contribution is 5.78. The molecule has 64 valence electrons. The second-order valence-electron chi connectivity index (χ2n) is 3.47. The van der Waals surface area contributed by atoms with Crippen LogP contribution in [0.5, 0.6) is 0 Å². The highest BCUT2D eigenvalue weighted by Gasteiger charge is 2.16. The number of aliphatic imine (C=N–C) groups is 1. The molecule has 1 rings (SSSR count). The molecule has 0 fully saturated rings. The van der Waals surface area contributed by atoms with Gasteiger partial charge in [0.05, 0.1) is 7.11 Å². The zero-order chi connectivity index (χ0) is 8.27. The van der Waals surface area contributed by atoms with Crippen molar-refractivity contribution in [3.63, 3.8) is 0 Å². The molecule has 0 aromatic carbocycles. The fourth-order valence-corrected chi connectivity index (χ4v) is 1.42. The summed E-state index contributed by atoms with van der Waals surface area (Å²) < 4.78 is 5.18. The van der Waals surface area contributed by atoms with E-state index in [-0.39, 0.29) is 0 Å². The third-order valence-electron chi connectivity index (χ3n) is 2.28. The van der Waals surface area contributed by atoms with Crippen LogP contribution in [0.4, 0.5) is 0 Å². The molecule has 11 heavy (non-hydrogen) atoms. The van der Waals surface area contributed by atoms with Crippen LogP contribution in [0.1, 0.15) is 26.7 Å². The van der Waals surface area contributed by atoms with Crippen molar-refractivity contribution in [2.45, 2.75) is 26.7 Å². The lowest BCUT2D eigenvalue weighted by molar-refractivity contribution is 0.365. The molecule has 0 amide bonds. The zero-order valence-electron chi connectivity index (χ0n) is 7.63. The van der Waals surface area contributed by atoms with Gasteiger partial charge in [0.1, 0.15) is 0 Å². The summed E-state index contributed by atoms with van der Waals surface area (Å²) in [6.45, 7) is 5.36. The van der Waals surface area contributed by atoms with Gasteiger partial charge < -0.3 is 4.74 Å². The van der Waals surface area contributed by atoms with E-state index < -0.39 is 0 Å². The molecule has 0 aliphatic carbocycles. The van der Waals surface area contributed by atoms with Crippen molar-refractivity contribution in [2.24, 2.45) is 16.8 Å². The van der Waals surface area contributed by atoms with Gasteiger partial charge in [0.15, 0.2) is 5.90 Å². The predicted octanol–water partition coefficient (Wildman–Crippen LogP) is 2.10. The number of ether oxygens (including phenoxy) is 1. The molecule has 1 aliphatic rings. The molecule has 2 atom stereocenters. The summed E-state index contributed by atoms with van der Waals surface area (Å²) in [4.78, 5) is 4.40.